The molecule has 56 valence electrons. The number of nitrogens with zero attached hydrogens (tertiary/aromatic N) is 2. The molecule has 0 unspecified atom stereocenters. The van der Waals surface area contributed by atoms with Crippen molar-refractivity contribution in [2.75, 3.05) is 6.54 Å². The van der Waals surface area contributed by atoms with E-state index < -0.39 is 0 Å². The first kappa shape index (κ1) is 8.04. The van der Waals surface area contributed by atoms with Crippen molar-refractivity contribution in [3.63, 3.8) is 0 Å². The van der Waals surface area contributed by atoms with Crippen LogP contribution in [0, 0.1) is 0 Å². The lowest BCUT2D eigenvalue weighted by molar-refractivity contribution is 0.720. The number of H-pyrrole nitrogens is 1. The molecule has 0 aromatic carbocycles. The maximum atomic E-state index is 5.51. The predicted octanol–water partition coefficient (Wildman–Crippen LogP) is 1.72. The maximum Gasteiger partial charge on any atom is 0.0923 e. The molecular weight excluding hydrogens is 217 g/mol. The SMILES string of the molecule is ClN(Br)CCc1c[nH]cn1. The first-order valence-electron chi connectivity index (χ1n) is 2.86. The Morgan fingerprint density at radius 3 is 3.10 bits per heavy atom. The third-order valence-electron chi connectivity index (χ3n) is 1.09. The van der Waals surface area contributed by atoms with Crippen molar-refractivity contribution in [2.24, 2.45) is 0 Å². The van der Waals surface area contributed by atoms with Crippen LogP contribution < -0.4 is 0 Å². The molecular formula is C5H7BrClN3. The second-order valence-corrected chi connectivity index (χ2v) is 3.51. The Balaban J connectivity index is 2.28. The van der Waals surface area contributed by atoms with Gasteiger partial charge < -0.3 is 4.98 Å². The van der Waals surface area contributed by atoms with Gasteiger partial charge in [0.2, 0.25) is 0 Å². The fourth-order valence-corrected chi connectivity index (χ4v) is 0.889. The monoisotopic (exact) mass is 223 g/mol. The number of imidazole rings is 1. The first-order chi connectivity index (χ1) is 4.79. The van der Waals surface area contributed by atoms with Crippen LogP contribution in [-0.4, -0.2) is 20.0 Å². The summed E-state index contributed by atoms with van der Waals surface area (Å²) >= 11 is 8.59. The summed E-state index contributed by atoms with van der Waals surface area (Å²) in [4.78, 5) is 6.89. The molecule has 3 nitrogen and oxygen atoms in total. The van der Waals surface area contributed by atoms with E-state index in [4.69, 9.17) is 11.8 Å². The number of aromatic amines is 1. The molecule has 0 fully saturated rings. The van der Waals surface area contributed by atoms with Crippen LogP contribution in [-0.2, 0) is 6.42 Å². The van der Waals surface area contributed by atoms with Gasteiger partial charge in [-0.3, -0.25) is 0 Å². The quantitative estimate of drug-likeness (QED) is 0.793. The van der Waals surface area contributed by atoms with Crippen molar-refractivity contribution in [3.05, 3.63) is 18.2 Å². The molecule has 0 aliphatic carbocycles. The van der Waals surface area contributed by atoms with Gasteiger partial charge in [-0.25, -0.2) is 4.98 Å². The molecule has 0 bridgehead atoms. The standard InChI is InChI=1S/C5H7BrClN3/c6-10(7)2-1-5-3-8-4-9-5/h3-4H,1-2H2,(H,8,9). The van der Waals surface area contributed by atoms with Crippen LogP contribution in [0.1, 0.15) is 5.69 Å². The van der Waals surface area contributed by atoms with Crippen LogP contribution in [0.2, 0.25) is 0 Å². The number of halogens is 2. The molecule has 0 saturated heterocycles. The molecule has 0 aliphatic rings. The second kappa shape index (κ2) is 3.95. The lowest BCUT2D eigenvalue weighted by Gasteiger charge is -1.99. The summed E-state index contributed by atoms with van der Waals surface area (Å²) in [5.41, 5.74) is 1.02. The average molecular weight is 224 g/mol. The van der Waals surface area contributed by atoms with Crippen LogP contribution in [0.5, 0.6) is 0 Å². The van der Waals surface area contributed by atoms with Crippen molar-refractivity contribution < 1.29 is 0 Å². The molecule has 0 spiro atoms. The summed E-state index contributed by atoms with van der Waals surface area (Å²) in [5.74, 6) is 0. The molecule has 1 aromatic heterocycles. The zero-order valence-electron chi connectivity index (χ0n) is 5.22. The first-order valence-corrected chi connectivity index (χ1v) is 3.90. The topological polar surface area (TPSA) is 31.9 Å². The normalized spacial score (nSPS) is 10.7. The van der Waals surface area contributed by atoms with E-state index in [9.17, 15) is 0 Å². The Morgan fingerprint density at radius 2 is 2.60 bits per heavy atom. The van der Waals surface area contributed by atoms with Gasteiger partial charge in [0.15, 0.2) is 0 Å². The molecule has 0 aliphatic heterocycles. The minimum Gasteiger partial charge on any atom is -0.351 e. The van der Waals surface area contributed by atoms with Gasteiger partial charge in [-0.15, -0.1) is 0 Å². The van der Waals surface area contributed by atoms with E-state index >= 15 is 0 Å². The van der Waals surface area contributed by atoms with Gasteiger partial charge in [-0.2, -0.15) is 3.45 Å². The van der Waals surface area contributed by atoms with Crippen molar-refractivity contribution in [1.29, 1.82) is 0 Å². The Kier molecular flexibility index (Phi) is 3.18. The van der Waals surface area contributed by atoms with Gasteiger partial charge in [-0.1, -0.05) is 0 Å². The largest absolute Gasteiger partial charge is 0.351 e. The lowest BCUT2D eigenvalue weighted by Crippen LogP contribution is -2.02. The minimum atomic E-state index is 0.742. The maximum absolute atomic E-state index is 5.51. The van der Waals surface area contributed by atoms with Gasteiger partial charge in [-0.05, 0) is 11.8 Å². The van der Waals surface area contributed by atoms with Crippen LogP contribution >= 0.6 is 27.9 Å². The average Bonchev–Trinajstić information content (AvgIpc) is 2.34. The highest BCUT2D eigenvalue weighted by molar-refractivity contribution is 9.08. The van der Waals surface area contributed by atoms with E-state index in [1.54, 1.807) is 6.33 Å². The Morgan fingerprint density at radius 1 is 1.80 bits per heavy atom. The number of rotatable bonds is 3. The fraction of sp³-hybridized carbons (Fsp3) is 0.400. The highest BCUT2D eigenvalue weighted by Gasteiger charge is 1.97. The van der Waals surface area contributed by atoms with Crippen LogP contribution in [0.3, 0.4) is 0 Å². The van der Waals surface area contributed by atoms with Crippen molar-refractivity contribution in [2.45, 2.75) is 6.42 Å². The third-order valence-corrected chi connectivity index (χ3v) is 1.62. The zero-order valence-corrected chi connectivity index (χ0v) is 7.56. The molecule has 1 aromatic rings. The molecule has 1 N–H and O–H groups in total. The number of nitrogens with one attached hydrogen (secondary N) is 1. The van der Waals surface area contributed by atoms with Crippen molar-refractivity contribution >= 4 is 27.9 Å². The molecule has 1 rings (SSSR count). The predicted molar refractivity (Wildman–Crippen MR) is 43.8 cm³/mol. The molecule has 0 atom stereocenters. The van der Waals surface area contributed by atoms with E-state index in [1.807, 2.05) is 6.20 Å². The summed E-state index contributed by atoms with van der Waals surface area (Å²) in [6.07, 6.45) is 4.35. The van der Waals surface area contributed by atoms with Gasteiger partial charge in [0.25, 0.3) is 0 Å². The van der Waals surface area contributed by atoms with Gasteiger partial charge in [0.1, 0.15) is 0 Å². The van der Waals surface area contributed by atoms with Crippen molar-refractivity contribution in [1.82, 2.24) is 13.4 Å². The highest BCUT2D eigenvalue weighted by atomic mass is 79.9. The van der Waals surface area contributed by atoms with E-state index in [0.717, 1.165) is 18.7 Å². The summed E-state index contributed by atoms with van der Waals surface area (Å²) in [6, 6.07) is 0. The summed E-state index contributed by atoms with van der Waals surface area (Å²) in [6.45, 7) is 0.742. The second-order valence-electron chi connectivity index (χ2n) is 1.84. The lowest BCUT2D eigenvalue weighted by atomic mass is 10.3. The number of hydrogen-bond donors (Lipinski definition) is 1. The molecule has 0 radical (unpaired) electrons. The zero-order chi connectivity index (χ0) is 7.40. The highest BCUT2D eigenvalue weighted by Crippen LogP contribution is 2.03. The van der Waals surface area contributed by atoms with Gasteiger partial charge in [0, 0.05) is 35.3 Å². The fourth-order valence-electron chi connectivity index (χ4n) is 0.627. The van der Waals surface area contributed by atoms with E-state index in [1.165, 1.54) is 3.45 Å². The van der Waals surface area contributed by atoms with Crippen molar-refractivity contribution in [3.8, 4) is 0 Å². The van der Waals surface area contributed by atoms with E-state index in [0.29, 0.717) is 0 Å². The van der Waals surface area contributed by atoms with Gasteiger partial charge >= 0.3 is 0 Å². The Labute approximate surface area is 72.8 Å². The Hall–Kier alpha value is -0.0600. The molecule has 0 saturated carbocycles. The van der Waals surface area contributed by atoms with E-state index in [-0.39, 0.29) is 0 Å². The van der Waals surface area contributed by atoms with Crippen LogP contribution in [0.25, 0.3) is 0 Å². The summed E-state index contributed by atoms with van der Waals surface area (Å²) in [5, 5.41) is 0. The van der Waals surface area contributed by atoms with Crippen LogP contribution in [0.4, 0.5) is 0 Å². The number of hydrogen-bond acceptors (Lipinski definition) is 2. The third kappa shape index (κ3) is 2.68. The van der Waals surface area contributed by atoms with Gasteiger partial charge in [0.05, 0.1) is 12.0 Å². The summed E-state index contributed by atoms with van der Waals surface area (Å²) < 4.78 is 1.43. The minimum absolute atomic E-state index is 0.742. The summed E-state index contributed by atoms with van der Waals surface area (Å²) in [7, 11) is 0. The molecule has 10 heavy (non-hydrogen) atoms. The molecule has 0 amide bonds. The molecule has 5 heteroatoms. The van der Waals surface area contributed by atoms with Crippen LogP contribution in [0.15, 0.2) is 12.5 Å². The Bertz CT molecular complexity index is 175. The smallest absolute Gasteiger partial charge is 0.0923 e. The van der Waals surface area contributed by atoms with E-state index in [2.05, 4.69) is 26.1 Å². The number of aromatic nitrogens is 2. The molecule has 1 heterocycles.